The Hall–Kier alpha value is -1.37. The van der Waals surface area contributed by atoms with E-state index in [4.69, 9.17) is 15.0 Å². The van der Waals surface area contributed by atoms with Crippen LogP contribution in [0, 0.1) is 6.92 Å². The van der Waals surface area contributed by atoms with Crippen molar-refractivity contribution in [3.05, 3.63) is 23.2 Å². The molecule has 3 N–H and O–H groups in total. The summed E-state index contributed by atoms with van der Waals surface area (Å²) in [5.41, 5.74) is 3.06. The molecule has 108 valence electrons. The van der Waals surface area contributed by atoms with Crippen LogP contribution in [0.4, 0.5) is 0 Å². The van der Waals surface area contributed by atoms with E-state index in [2.05, 4.69) is 24.2 Å². The molecule has 0 saturated carbocycles. The molecule has 1 aromatic heterocycles. The summed E-state index contributed by atoms with van der Waals surface area (Å²) in [6.07, 6.45) is 0. The molecule has 0 aliphatic rings. The number of nitrogens with one attached hydrogen (secondary N) is 1. The van der Waals surface area contributed by atoms with E-state index >= 15 is 0 Å². The lowest BCUT2D eigenvalue weighted by Gasteiger charge is -2.25. The third-order valence-electron chi connectivity index (χ3n) is 3.06. The molecule has 6 nitrogen and oxygen atoms in total. The molecule has 0 fully saturated rings. The normalized spacial score (nSPS) is 11.3. The molecule has 0 bridgehead atoms. The topological polar surface area (TPSA) is 80.7 Å². The zero-order valence-corrected chi connectivity index (χ0v) is 12.0. The van der Waals surface area contributed by atoms with Crippen molar-refractivity contribution >= 4 is 5.91 Å². The minimum absolute atomic E-state index is 0.241. The Balaban J connectivity index is 2.78. The standard InChI is InChI=1S/C13H23N3O3/c1-9(2)16(5-6-18-4)8-11-7-12(13(17)15-14)19-10(11)3/h7,9H,5-6,8,14H2,1-4H3,(H,15,17). The summed E-state index contributed by atoms with van der Waals surface area (Å²) in [6.45, 7) is 8.31. The number of nitrogen functional groups attached to an aromatic ring is 1. The molecule has 0 aliphatic heterocycles. The highest BCUT2D eigenvalue weighted by Gasteiger charge is 2.17. The van der Waals surface area contributed by atoms with Crippen LogP contribution in [0.25, 0.3) is 0 Å². The zero-order chi connectivity index (χ0) is 14.4. The predicted molar refractivity (Wildman–Crippen MR) is 72.5 cm³/mol. The van der Waals surface area contributed by atoms with Crippen molar-refractivity contribution in [3.63, 3.8) is 0 Å². The van der Waals surface area contributed by atoms with Gasteiger partial charge in [-0.3, -0.25) is 15.1 Å². The molecule has 1 amide bonds. The first-order valence-corrected chi connectivity index (χ1v) is 6.32. The van der Waals surface area contributed by atoms with Gasteiger partial charge in [-0.15, -0.1) is 0 Å². The third-order valence-corrected chi connectivity index (χ3v) is 3.06. The molecule has 0 atom stereocenters. The van der Waals surface area contributed by atoms with Crippen molar-refractivity contribution in [2.45, 2.75) is 33.4 Å². The molecule has 0 saturated heterocycles. The van der Waals surface area contributed by atoms with Crippen LogP contribution in [-0.4, -0.2) is 37.1 Å². The van der Waals surface area contributed by atoms with Crippen LogP contribution in [-0.2, 0) is 11.3 Å². The van der Waals surface area contributed by atoms with E-state index in [1.165, 1.54) is 0 Å². The Morgan fingerprint density at radius 2 is 2.26 bits per heavy atom. The number of ether oxygens (including phenoxy) is 1. The minimum Gasteiger partial charge on any atom is -0.456 e. The lowest BCUT2D eigenvalue weighted by Crippen LogP contribution is -2.33. The van der Waals surface area contributed by atoms with Crippen LogP contribution in [0.5, 0.6) is 0 Å². The number of nitrogens with two attached hydrogens (primary N) is 1. The summed E-state index contributed by atoms with van der Waals surface area (Å²) >= 11 is 0. The van der Waals surface area contributed by atoms with Crippen molar-refractivity contribution in [3.8, 4) is 0 Å². The van der Waals surface area contributed by atoms with Gasteiger partial charge in [0.05, 0.1) is 6.61 Å². The molecule has 0 unspecified atom stereocenters. The van der Waals surface area contributed by atoms with Gasteiger partial charge >= 0.3 is 5.91 Å². The van der Waals surface area contributed by atoms with Gasteiger partial charge in [0.15, 0.2) is 5.76 Å². The number of aryl methyl sites for hydroxylation is 1. The molecule has 1 aromatic rings. The first-order valence-electron chi connectivity index (χ1n) is 6.32. The molecular weight excluding hydrogens is 246 g/mol. The largest absolute Gasteiger partial charge is 0.456 e. The fourth-order valence-electron chi connectivity index (χ4n) is 1.81. The second kappa shape index (κ2) is 7.28. The van der Waals surface area contributed by atoms with Crippen LogP contribution < -0.4 is 11.3 Å². The highest BCUT2D eigenvalue weighted by molar-refractivity contribution is 5.91. The molecule has 0 radical (unpaired) electrons. The van der Waals surface area contributed by atoms with Gasteiger partial charge in [0.25, 0.3) is 0 Å². The van der Waals surface area contributed by atoms with Crippen molar-refractivity contribution in [1.29, 1.82) is 0 Å². The Labute approximate surface area is 113 Å². The summed E-state index contributed by atoms with van der Waals surface area (Å²) in [7, 11) is 1.69. The average molecular weight is 269 g/mol. The van der Waals surface area contributed by atoms with E-state index in [9.17, 15) is 4.79 Å². The first-order chi connectivity index (χ1) is 8.99. The number of nitrogens with zero attached hydrogens (tertiary/aromatic N) is 1. The van der Waals surface area contributed by atoms with Crippen LogP contribution in [0.15, 0.2) is 10.5 Å². The summed E-state index contributed by atoms with van der Waals surface area (Å²) in [4.78, 5) is 13.7. The van der Waals surface area contributed by atoms with E-state index in [1.807, 2.05) is 6.92 Å². The second-order valence-corrected chi connectivity index (χ2v) is 4.72. The van der Waals surface area contributed by atoms with Crippen LogP contribution in [0.2, 0.25) is 0 Å². The average Bonchev–Trinajstić information content (AvgIpc) is 2.74. The first kappa shape index (κ1) is 15.7. The molecule has 0 aromatic carbocycles. The van der Waals surface area contributed by atoms with Gasteiger partial charge in [-0.2, -0.15) is 0 Å². The summed E-state index contributed by atoms with van der Waals surface area (Å²) < 4.78 is 10.5. The SMILES string of the molecule is COCCN(Cc1cc(C(=O)NN)oc1C)C(C)C. The lowest BCUT2D eigenvalue weighted by atomic mass is 10.2. The monoisotopic (exact) mass is 269 g/mol. The van der Waals surface area contributed by atoms with Gasteiger partial charge < -0.3 is 9.15 Å². The summed E-state index contributed by atoms with van der Waals surface area (Å²) in [5, 5.41) is 0. The van der Waals surface area contributed by atoms with Crippen molar-refractivity contribution < 1.29 is 13.9 Å². The maximum Gasteiger partial charge on any atom is 0.300 e. The fraction of sp³-hybridized carbons (Fsp3) is 0.615. The van der Waals surface area contributed by atoms with Crippen molar-refractivity contribution in [2.24, 2.45) is 5.84 Å². The van der Waals surface area contributed by atoms with E-state index in [0.717, 1.165) is 17.9 Å². The predicted octanol–water partition coefficient (Wildman–Crippen LogP) is 1.05. The van der Waals surface area contributed by atoms with Gasteiger partial charge in [0.1, 0.15) is 5.76 Å². The van der Waals surface area contributed by atoms with Gasteiger partial charge in [-0.25, -0.2) is 5.84 Å². The highest BCUT2D eigenvalue weighted by Crippen LogP contribution is 2.17. The van der Waals surface area contributed by atoms with Crippen LogP contribution >= 0.6 is 0 Å². The number of carbonyl (C=O) groups is 1. The number of furan rings is 1. The summed E-state index contributed by atoms with van der Waals surface area (Å²) in [6, 6.07) is 2.12. The number of hydrogen-bond donors (Lipinski definition) is 2. The number of methoxy groups -OCH3 is 1. The van der Waals surface area contributed by atoms with Crippen molar-refractivity contribution in [2.75, 3.05) is 20.3 Å². The number of hydrogen-bond acceptors (Lipinski definition) is 5. The molecule has 0 aliphatic carbocycles. The van der Waals surface area contributed by atoms with Crippen molar-refractivity contribution in [1.82, 2.24) is 10.3 Å². The highest BCUT2D eigenvalue weighted by atomic mass is 16.5. The third kappa shape index (κ3) is 4.34. The smallest absolute Gasteiger partial charge is 0.300 e. The zero-order valence-electron chi connectivity index (χ0n) is 12.0. The van der Waals surface area contributed by atoms with Gasteiger partial charge in [0.2, 0.25) is 0 Å². The lowest BCUT2D eigenvalue weighted by molar-refractivity contribution is 0.0924. The Kier molecular flexibility index (Phi) is 6.01. The number of carbonyl (C=O) groups excluding carboxylic acids is 1. The molecule has 6 heteroatoms. The van der Waals surface area contributed by atoms with E-state index < -0.39 is 5.91 Å². The molecule has 0 spiro atoms. The van der Waals surface area contributed by atoms with Gasteiger partial charge in [0, 0.05) is 31.8 Å². The van der Waals surface area contributed by atoms with E-state index in [0.29, 0.717) is 19.2 Å². The second-order valence-electron chi connectivity index (χ2n) is 4.72. The van der Waals surface area contributed by atoms with E-state index in [-0.39, 0.29) is 5.76 Å². The number of rotatable bonds is 7. The number of hydrazine groups is 1. The Morgan fingerprint density at radius 1 is 1.58 bits per heavy atom. The Morgan fingerprint density at radius 3 is 2.79 bits per heavy atom. The molecule has 19 heavy (non-hydrogen) atoms. The molecule has 1 rings (SSSR count). The number of amides is 1. The fourth-order valence-corrected chi connectivity index (χ4v) is 1.81. The quantitative estimate of drug-likeness (QED) is 0.439. The molecular formula is C13H23N3O3. The maximum atomic E-state index is 11.4. The van der Waals surface area contributed by atoms with Crippen LogP contribution in [0.3, 0.4) is 0 Å². The van der Waals surface area contributed by atoms with Gasteiger partial charge in [-0.05, 0) is 26.8 Å². The van der Waals surface area contributed by atoms with E-state index in [1.54, 1.807) is 13.2 Å². The summed E-state index contributed by atoms with van der Waals surface area (Å²) in [5.74, 6) is 5.66. The molecule has 1 heterocycles. The van der Waals surface area contributed by atoms with Crippen LogP contribution in [0.1, 0.15) is 35.7 Å². The van der Waals surface area contributed by atoms with Gasteiger partial charge in [-0.1, -0.05) is 0 Å². The maximum absolute atomic E-state index is 11.4. The Bertz CT molecular complexity index is 415. The minimum atomic E-state index is -0.415.